The highest BCUT2D eigenvalue weighted by Crippen LogP contribution is 2.21. The third-order valence-electron chi connectivity index (χ3n) is 2.90. The van der Waals surface area contributed by atoms with Gasteiger partial charge in [0, 0.05) is 18.5 Å². The van der Waals surface area contributed by atoms with Gasteiger partial charge in [-0.3, -0.25) is 4.79 Å². The molecule has 0 saturated carbocycles. The summed E-state index contributed by atoms with van der Waals surface area (Å²) >= 11 is 1.38. The Morgan fingerprint density at radius 2 is 2.61 bits per heavy atom. The average Bonchev–Trinajstić information content (AvgIpc) is 2.85. The molecule has 0 spiro atoms. The zero-order valence-corrected chi connectivity index (χ0v) is 10.8. The Morgan fingerprint density at radius 1 is 1.78 bits per heavy atom. The number of rotatable bonds is 5. The summed E-state index contributed by atoms with van der Waals surface area (Å²) in [6.45, 7) is 2.43. The highest BCUT2D eigenvalue weighted by molar-refractivity contribution is 7.13. The van der Waals surface area contributed by atoms with Crippen molar-refractivity contribution in [1.82, 2.24) is 4.98 Å². The number of ether oxygens (including phenoxy) is 1. The van der Waals surface area contributed by atoms with Crippen molar-refractivity contribution in [3.05, 3.63) is 11.1 Å². The van der Waals surface area contributed by atoms with Crippen LogP contribution in [-0.4, -0.2) is 35.8 Å². The van der Waals surface area contributed by atoms with Crippen LogP contribution < -0.4 is 11.1 Å². The van der Waals surface area contributed by atoms with Crippen molar-refractivity contribution in [2.75, 3.05) is 25.1 Å². The Labute approximate surface area is 109 Å². The smallest absolute Gasteiger partial charge is 0.326 e. The molecule has 18 heavy (non-hydrogen) atoms. The summed E-state index contributed by atoms with van der Waals surface area (Å²) < 4.78 is 5.39. The van der Waals surface area contributed by atoms with Crippen LogP contribution in [0.3, 0.4) is 0 Å². The van der Waals surface area contributed by atoms with Crippen LogP contribution in [0.15, 0.2) is 5.38 Å². The molecule has 1 aromatic rings. The number of aliphatic carboxylic acids is 1. The third-order valence-corrected chi connectivity index (χ3v) is 3.72. The highest BCUT2D eigenvalue weighted by Gasteiger charge is 2.18. The summed E-state index contributed by atoms with van der Waals surface area (Å²) in [4.78, 5) is 14.9. The van der Waals surface area contributed by atoms with Crippen LogP contribution in [0, 0.1) is 5.92 Å². The molecule has 0 bridgehead atoms. The van der Waals surface area contributed by atoms with Gasteiger partial charge in [0.1, 0.15) is 6.04 Å². The summed E-state index contributed by atoms with van der Waals surface area (Å²) in [5, 5.41) is 14.4. The lowest BCUT2D eigenvalue weighted by molar-refractivity contribution is -0.138. The van der Waals surface area contributed by atoms with E-state index in [1.54, 1.807) is 5.38 Å². The minimum absolute atomic E-state index is 0.398. The van der Waals surface area contributed by atoms with Gasteiger partial charge in [-0.1, -0.05) is 0 Å². The zero-order chi connectivity index (χ0) is 13.0. The fourth-order valence-electron chi connectivity index (χ4n) is 1.84. The second kappa shape index (κ2) is 6.12. The van der Waals surface area contributed by atoms with Crippen LogP contribution in [0.4, 0.5) is 5.13 Å². The second-order valence-electron chi connectivity index (χ2n) is 4.36. The van der Waals surface area contributed by atoms with Crippen molar-refractivity contribution in [3.63, 3.8) is 0 Å². The summed E-state index contributed by atoms with van der Waals surface area (Å²) in [6.07, 6.45) is 2.25. The number of anilines is 1. The van der Waals surface area contributed by atoms with Gasteiger partial charge >= 0.3 is 5.97 Å². The maximum absolute atomic E-state index is 10.7. The first-order valence-corrected chi connectivity index (χ1v) is 6.80. The standard InChI is InChI=1S/C11H17N3O3S/c12-9(10(15)16)8-6-18-11(14-8)13-4-7-2-1-3-17-5-7/h6-7,9H,1-5,12H2,(H,13,14)(H,15,16). The number of aromatic nitrogens is 1. The van der Waals surface area contributed by atoms with Gasteiger partial charge in [0.05, 0.1) is 12.3 Å². The van der Waals surface area contributed by atoms with E-state index >= 15 is 0 Å². The van der Waals surface area contributed by atoms with E-state index in [-0.39, 0.29) is 0 Å². The number of carbonyl (C=O) groups is 1. The first-order valence-electron chi connectivity index (χ1n) is 5.92. The lowest BCUT2D eigenvalue weighted by Gasteiger charge is -2.21. The molecule has 100 valence electrons. The molecular weight excluding hydrogens is 254 g/mol. The molecule has 1 fully saturated rings. The van der Waals surface area contributed by atoms with E-state index < -0.39 is 12.0 Å². The lowest BCUT2D eigenvalue weighted by Crippen LogP contribution is -2.24. The summed E-state index contributed by atoms with van der Waals surface area (Å²) in [5.41, 5.74) is 5.88. The van der Waals surface area contributed by atoms with Gasteiger partial charge in [0.15, 0.2) is 5.13 Å². The molecule has 2 unspecified atom stereocenters. The molecule has 1 saturated heterocycles. The van der Waals surface area contributed by atoms with Crippen molar-refractivity contribution in [2.45, 2.75) is 18.9 Å². The topological polar surface area (TPSA) is 97.5 Å². The van der Waals surface area contributed by atoms with E-state index in [4.69, 9.17) is 15.6 Å². The molecule has 4 N–H and O–H groups in total. The number of thiazole rings is 1. The Kier molecular flexibility index (Phi) is 4.51. The zero-order valence-electron chi connectivity index (χ0n) is 9.96. The predicted molar refractivity (Wildman–Crippen MR) is 68.7 cm³/mol. The number of hydrogen-bond donors (Lipinski definition) is 3. The predicted octanol–water partition coefficient (Wildman–Crippen LogP) is 1.07. The van der Waals surface area contributed by atoms with Gasteiger partial charge in [-0.05, 0) is 18.8 Å². The van der Waals surface area contributed by atoms with E-state index in [0.29, 0.717) is 16.7 Å². The minimum atomic E-state index is -1.06. The fourth-order valence-corrected chi connectivity index (χ4v) is 2.59. The lowest BCUT2D eigenvalue weighted by atomic mass is 10.0. The van der Waals surface area contributed by atoms with E-state index in [2.05, 4.69) is 10.3 Å². The maximum Gasteiger partial charge on any atom is 0.326 e. The molecule has 7 heteroatoms. The average molecular weight is 271 g/mol. The van der Waals surface area contributed by atoms with Gasteiger partial charge < -0.3 is 20.9 Å². The molecule has 0 aromatic carbocycles. The van der Waals surface area contributed by atoms with Crippen molar-refractivity contribution < 1.29 is 14.6 Å². The van der Waals surface area contributed by atoms with Crippen molar-refractivity contribution in [3.8, 4) is 0 Å². The molecule has 2 rings (SSSR count). The number of nitrogens with zero attached hydrogens (tertiary/aromatic N) is 1. The molecule has 0 aliphatic carbocycles. The molecule has 1 aromatic heterocycles. The van der Waals surface area contributed by atoms with Crippen LogP contribution >= 0.6 is 11.3 Å². The van der Waals surface area contributed by atoms with E-state index in [0.717, 1.165) is 32.6 Å². The van der Waals surface area contributed by atoms with Gasteiger partial charge in [-0.15, -0.1) is 11.3 Å². The van der Waals surface area contributed by atoms with Crippen LogP contribution in [0.5, 0.6) is 0 Å². The molecule has 1 aliphatic rings. The maximum atomic E-state index is 10.7. The third kappa shape index (κ3) is 3.41. The molecule has 2 atom stereocenters. The molecule has 6 nitrogen and oxygen atoms in total. The molecule has 0 radical (unpaired) electrons. The van der Waals surface area contributed by atoms with Crippen molar-refractivity contribution in [2.24, 2.45) is 11.7 Å². The van der Waals surface area contributed by atoms with Crippen LogP contribution in [0.25, 0.3) is 0 Å². The number of hydrogen-bond acceptors (Lipinski definition) is 6. The van der Waals surface area contributed by atoms with Crippen molar-refractivity contribution in [1.29, 1.82) is 0 Å². The van der Waals surface area contributed by atoms with Gasteiger partial charge in [-0.2, -0.15) is 0 Å². The minimum Gasteiger partial charge on any atom is -0.480 e. The number of nitrogens with one attached hydrogen (secondary N) is 1. The summed E-state index contributed by atoms with van der Waals surface area (Å²) in [5.74, 6) is -0.563. The van der Waals surface area contributed by atoms with Gasteiger partial charge in [-0.25, -0.2) is 4.98 Å². The SMILES string of the molecule is NC(C(=O)O)c1csc(NCC2CCCOC2)n1. The fraction of sp³-hybridized carbons (Fsp3) is 0.636. The van der Waals surface area contributed by atoms with Crippen LogP contribution in [0.2, 0.25) is 0 Å². The highest BCUT2D eigenvalue weighted by atomic mass is 32.1. The number of nitrogens with two attached hydrogens (primary N) is 1. The normalized spacial score (nSPS) is 21.5. The molecule has 2 heterocycles. The Hall–Kier alpha value is -1.18. The first-order chi connectivity index (χ1) is 8.66. The Bertz CT molecular complexity index is 404. The van der Waals surface area contributed by atoms with Gasteiger partial charge in [0.2, 0.25) is 0 Å². The number of carboxylic acid groups (broad SMARTS) is 1. The van der Waals surface area contributed by atoms with E-state index in [1.165, 1.54) is 11.3 Å². The Morgan fingerprint density at radius 3 is 3.28 bits per heavy atom. The molecule has 0 amide bonds. The van der Waals surface area contributed by atoms with E-state index in [1.807, 2.05) is 0 Å². The first kappa shape index (κ1) is 13.3. The Balaban J connectivity index is 1.84. The largest absolute Gasteiger partial charge is 0.480 e. The summed E-state index contributed by atoms with van der Waals surface area (Å²) in [7, 11) is 0. The van der Waals surface area contributed by atoms with Crippen LogP contribution in [-0.2, 0) is 9.53 Å². The molecular formula is C11H17N3O3S. The number of carboxylic acids is 1. The van der Waals surface area contributed by atoms with Crippen molar-refractivity contribution >= 4 is 22.4 Å². The summed E-state index contributed by atoms with van der Waals surface area (Å²) in [6, 6.07) is -1.05. The molecule has 1 aliphatic heterocycles. The van der Waals surface area contributed by atoms with Gasteiger partial charge in [0.25, 0.3) is 0 Å². The monoisotopic (exact) mass is 271 g/mol. The quantitative estimate of drug-likeness (QED) is 0.741. The van der Waals surface area contributed by atoms with E-state index in [9.17, 15) is 4.79 Å². The second-order valence-corrected chi connectivity index (χ2v) is 5.22. The van der Waals surface area contributed by atoms with Crippen LogP contribution in [0.1, 0.15) is 24.6 Å².